The Kier molecular flexibility index (Phi) is 5.34. The molecule has 1 atom stereocenters. The lowest BCUT2D eigenvalue weighted by Gasteiger charge is -2.38. The average Bonchev–Trinajstić information content (AvgIpc) is 3.08. The largest absolute Gasteiger partial charge is 0.339 e. The van der Waals surface area contributed by atoms with Crippen molar-refractivity contribution in [2.24, 2.45) is 0 Å². The van der Waals surface area contributed by atoms with Crippen molar-refractivity contribution < 1.29 is 9.59 Å². The van der Waals surface area contributed by atoms with E-state index in [4.69, 9.17) is 0 Å². The van der Waals surface area contributed by atoms with Crippen LogP contribution < -0.4 is 5.32 Å². The second-order valence-corrected chi connectivity index (χ2v) is 6.61. The first-order chi connectivity index (χ1) is 11.6. The zero-order valence-corrected chi connectivity index (χ0v) is 14.2. The molecule has 0 saturated carbocycles. The third-order valence-corrected chi connectivity index (χ3v) is 4.89. The van der Waals surface area contributed by atoms with Crippen LogP contribution in [0.1, 0.15) is 26.2 Å². The van der Waals surface area contributed by atoms with E-state index in [1.54, 1.807) is 17.3 Å². The number of urea groups is 1. The van der Waals surface area contributed by atoms with Gasteiger partial charge in [-0.05, 0) is 26.2 Å². The minimum Gasteiger partial charge on any atom is -0.339 e. The van der Waals surface area contributed by atoms with Gasteiger partial charge in [-0.15, -0.1) is 0 Å². The molecule has 0 radical (unpaired) electrons. The number of aromatic amines is 1. The molecule has 0 spiro atoms. The zero-order chi connectivity index (χ0) is 16.9. The van der Waals surface area contributed by atoms with Crippen molar-refractivity contribution in [1.29, 1.82) is 0 Å². The summed E-state index contributed by atoms with van der Waals surface area (Å²) in [5, 5.41) is 9.28. The number of piperidine rings is 1. The highest BCUT2D eigenvalue weighted by Gasteiger charge is 2.27. The maximum Gasteiger partial charge on any atom is 0.322 e. The average molecular weight is 334 g/mol. The molecular formula is C16H26N6O2. The molecule has 0 aromatic carbocycles. The number of anilines is 1. The van der Waals surface area contributed by atoms with Gasteiger partial charge < -0.3 is 15.1 Å². The van der Waals surface area contributed by atoms with E-state index in [2.05, 4.69) is 27.3 Å². The molecule has 3 rings (SSSR count). The van der Waals surface area contributed by atoms with Crippen LogP contribution in [0.4, 0.5) is 10.5 Å². The molecule has 8 heteroatoms. The summed E-state index contributed by atoms with van der Waals surface area (Å²) in [5.41, 5.74) is 0.664. The van der Waals surface area contributed by atoms with Gasteiger partial charge in [-0.1, -0.05) is 0 Å². The number of piperazine rings is 1. The Morgan fingerprint density at radius 3 is 2.71 bits per heavy atom. The zero-order valence-electron chi connectivity index (χ0n) is 14.2. The van der Waals surface area contributed by atoms with E-state index in [9.17, 15) is 9.59 Å². The van der Waals surface area contributed by atoms with E-state index in [1.807, 2.05) is 4.90 Å². The molecule has 2 N–H and O–H groups in total. The molecule has 2 saturated heterocycles. The first kappa shape index (κ1) is 16.8. The molecule has 0 aliphatic carbocycles. The fraction of sp³-hybridized carbons (Fsp3) is 0.688. The van der Waals surface area contributed by atoms with Gasteiger partial charge in [0.1, 0.15) is 0 Å². The summed E-state index contributed by atoms with van der Waals surface area (Å²) in [6.07, 6.45) is 6.65. The monoisotopic (exact) mass is 334 g/mol. The predicted molar refractivity (Wildman–Crippen MR) is 90.6 cm³/mol. The van der Waals surface area contributed by atoms with E-state index in [-0.39, 0.29) is 11.9 Å². The van der Waals surface area contributed by atoms with Gasteiger partial charge in [0.25, 0.3) is 0 Å². The normalized spacial score (nSPS) is 22.5. The topological polar surface area (TPSA) is 84.6 Å². The number of carbonyl (C=O) groups is 2. The lowest BCUT2D eigenvalue weighted by Crippen LogP contribution is -2.53. The van der Waals surface area contributed by atoms with Gasteiger partial charge in [0.2, 0.25) is 5.91 Å². The van der Waals surface area contributed by atoms with Crippen molar-refractivity contribution in [3.63, 3.8) is 0 Å². The van der Waals surface area contributed by atoms with Gasteiger partial charge in [0, 0.05) is 45.0 Å². The highest BCUT2D eigenvalue weighted by atomic mass is 16.2. The molecule has 3 heterocycles. The van der Waals surface area contributed by atoms with Crippen LogP contribution in [0.25, 0.3) is 0 Å². The van der Waals surface area contributed by atoms with E-state index in [0.717, 1.165) is 32.5 Å². The number of hydrogen-bond acceptors (Lipinski definition) is 4. The number of rotatable bonds is 3. The van der Waals surface area contributed by atoms with Gasteiger partial charge >= 0.3 is 6.03 Å². The highest BCUT2D eigenvalue weighted by molar-refractivity contribution is 5.89. The number of likely N-dealkylation sites (tertiary alicyclic amines) is 1. The minimum absolute atomic E-state index is 0.118. The van der Waals surface area contributed by atoms with E-state index >= 15 is 0 Å². The Morgan fingerprint density at radius 1 is 1.25 bits per heavy atom. The van der Waals surface area contributed by atoms with Crippen LogP contribution in [0.15, 0.2) is 12.4 Å². The second kappa shape index (κ2) is 7.65. The Bertz CT molecular complexity index is 553. The number of aromatic nitrogens is 2. The highest BCUT2D eigenvalue weighted by Crippen LogP contribution is 2.17. The van der Waals surface area contributed by atoms with Gasteiger partial charge in [-0.3, -0.25) is 14.8 Å². The lowest BCUT2D eigenvalue weighted by atomic mass is 10.0. The van der Waals surface area contributed by atoms with Crippen molar-refractivity contribution in [3.05, 3.63) is 12.4 Å². The summed E-state index contributed by atoms with van der Waals surface area (Å²) in [5.74, 6) is 0.221. The fourth-order valence-electron chi connectivity index (χ4n) is 3.38. The van der Waals surface area contributed by atoms with Crippen LogP contribution in [-0.4, -0.2) is 82.1 Å². The van der Waals surface area contributed by atoms with Crippen molar-refractivity contribution in [2.45, 2.75) is 32.2 Å². The summed E-state index contributed by atoms with van der Waals surface area (Å²) in [6.45, 7) is 6.20. The molecule has 1 aromatic rings. The molecule has 0 bridgehead atoms. The third kappa shape index (κ3) is 4.05. The minimum atomic E-state index is -0.118. The molecule has 132 valence electrons. The van der Waals surface area contributed by atoms with Gasteiger partial charge in [0.05, 0.1) is 18.4 Å². The Morgan fingerprint density at radius 2 is 2.04 bits per heavy atom. The number of H-pyrrole nitrogens is 1. The number of carbonyl (C=O) groups excluding carboxylic acids is 2. The predicted octanol–water partition coefficient (Wildman–Crippen LogP) is 0.960. The van der Waals surface area contributed by atoms with Gasteiger partial charge in [-0.2, -0.15) is 5.10 Å². The molecule has 2 aliphatic rings. The van der Waals surface area contributed by atoms with E-state index in [0.29, 0.717) is 31.4 Å². The number of amides is 3. The first-order valence-electron chi connectivity index (χ1n) is 8.70. The molecule has 3 amide bonds. The molecule has 2 aliphatic heterocycles. The standard InChI is InChI=1S/C16H26N6O2/c1-13-4-2-3-5-22(13)15(23)12-20-6-8-21(9-7-20)16(24)19-14-10-17-18-11-14/h10-11,13H,2-9,12H2,1H3,(H,17,18)(H,19,24). The van der Waals surface area contributed by atoms with Crippen molar-refractivity contribution in [1.82, 2.24) is 24.9 Å². The maximum absolute atomic E-state index is 12.5. The molecule has 24 heavy (non-hydrogen) atoms. The van der Waals surface area contributed by atoms with Crippen molar-refractivity contribution >= 4 is 17.6 Å². The van der Waals surface area contributed by atoms with Crippen LogP contribution in [-0.2, 0) is 4.79 Å². The third-order valence-electron chi connectivity index (χ3n) is 4.89. The molecule has 2 fully saturated rings. The van der Waals surface area contributed by atoms with Crippen LogP contribution >= 0.6 is 0 Å². The van der Waals surface area contributed by atoms with Crippen LogP contribution in [0, 0.1) is 0 Å². The summed E-state index contributed by atoms with van der Waals surface area (Å²) in [4.78, 5) is 30.6. The number of nitrogens with zero attached hydrogens (tertiary/aromatic N) is 4. The fourth-order valence-corrected chi connectivity index (χ4v) is 3.38. The van der Waals surface area contributed by atoms with E-state index < -0.39 is 0 Å². The summed E-state index contributed by atoms with van der Waals surface area (Å²) >= 11 is 0. The first-order valence-corrected chi connectivity index (χ1v) is 8.70. The molecule has 1 unspecified atom stereocenters. The number of nitrogens with one attached hydrogen (secondary N) is 2. The number of hydrogen-bond donors (Lipinski definition) is 2. The van der Waals surface area contributed by atoms with Crippen molar-refractivity contribution in [2.75, 3.05) is 44.6 Å². The summed E-state index contributed by atoms with van der Waals surface area (Å²) < 4.78 is 0. The Hall–Kier alpha value is -2.09. The SMILES string of the molecule is CC1CCCCN1C(=O)CN1CCN(C(=O)Nc2cn[nH]c2)CC1. The Labute approximate surface area is 142 Å². The molecule has 8 nitrogen and oxygen atoms in total. The summed E-state index contributed by atoms with van der Waals surface area (Å²) in [6, 6.07) is 0.236. The van der Waals surface area contributed by atoms with Crippen molar-refractivity contribution in [3.8, 4) is 0 Å². The lowest BCUT2D eigenvalue weighted by molar-refractivity contribution is -0.136. The molecular weight excluding hydrogens is 308 g/mol. The summed E-state index contributed by atoms with van der Waals surface area (Å²) in [7, 11) is 0. The van der Waals surface area contributed by atoms with Gasteiger partial charge in [0.15, 0.2) is 0 Å². The Balaban J connectivity index is 1.43. The smallest absolute Gasteiger partial charge is 0.322 e. The van der Waals surface area contributed by atoms with E-state index in [1.165, 1.54) is 6.42 Å². The quantitative estimate of drug-likeness (QED) is 0.862. The van der Waals surface area contributed by atoms with Crippen LogP contribution in [0.3, 0.4) is 0 Å². The molecule has 1 aromatic heterocycles. The van der Waals surface area contributed by atoms with Crippen LogP contribution in [0.2, 0.25) is 0 Å². The maximum atomic E-state index is 12.5. The van der Waals surface area contributed by atoms with Crippen LogP contribution in [0.5, 0.6) is 0 Å². The van der Waals surface area contributed by atoms with Gasteiger partial charge in [-0.25, -0.2) is 4.79 Å². The second-order valence-electron chi connectivity index (χ2n) is 6.61.